The van der Waals surface area contributed by atoms with E-state index in [1.54, 1.807) is 4.90 Å². The Morgan fingerprint density at radius 1 is 1.47 bits per heavy atom. The van der Waals surface area contributed by atoms with Crippen LogP contribution in [0, 0.1) is 0 Å². The maximum absolute atomic E-state index is 12.0. The highest BCUT2D eigenvalue weighted by atomic mass is 32.2. The van der Waals surface area contributed by atoms with Gasteiger partial charge in [-0.3, -0.25) is 4.79 Å². The van der Waals surface area contributed by atoms with Crippen LogP contribution in [0.25, 0.3) is 0 Å². The number of amides is 1. The zero-order valence-electron chi connectivity index (χ0n) is 10.6. The first-order valence-electron chi connectivity index (χ1n) is 6.15. The quantitative estimate of drug-likeness (QED) is 0.764. The van der Waals surface area contributed by atoms with E-state index in [-0.39, 0.29) is 29.5 Å². The van der Waals surface area contributed by atoms with Crippen LogP contribution in [0.3, 0.4) is 0 Å². The van der Waals surface area contributed by atoms with E-state index in [1.807, 2.05) is 13.8 Å². The monoisotopic (exact) mass is 262 g/mol. The molecule has 0 bridgehead atoms. The maximum atomic E-state index is 12.0. The number of carbonyl (C=O) groups is 1. The standard InChI is InChI=1S/C11H22N2O3S/c1-3-9(12)7-11(14)13(4-2)10-5-6-17(15,16)8-10/h9-10H,3-8,12H2,1-2H3. The van der Waals surface area contributed by atoms with Crippen molar-refractivity contribution in [2.45, 2.75) is 45.2 Å². The summed E-state index contributed by atoms with van der Waals surface area (Å²) >= 11 is 0. The molecule has 2 unspecified atom stereocenters. The molecule has 2 N–H and O–H groups in total. The summed E-state index contributed by atoms with van der Waals surface area (Å²) in [5.74, 6) is 0.277. The minimum Gasteiger partial charge on any atom is -0.339 e. The second kappa shape index (κ2) is 5.82. The Morgan fingerprint density at radius 2 is 2.12 bits per heavy atom. The van der Waals surface area contributed by atoms with Gasteiger partial charge in [0.2, 0.25) is 5.91 Å². The van der Waals surface area contributed by atoms with Crippen molar-refractivity contribution >= 4 is 15.7 Å². The second-order valence-corrected chi connectivity index (χ2v) is 6.84. The van der Waals surface area contributed by atoms with Gasteiger partial charge in [-0.05, 0) is 19.8 Å². The normalized spacial score (nSPS) is 24.5. The number of hydrogen-bond acceptors (Lipinski definition) is 4. The summed E-state index contributed by atoms with van der Waals surface area (Å²) in [4.78, 5) is 13.7. The predicted molar refractivity (Wildman–Crippen MR) is 67.3 cm³/mol. The molecule has 2 atom stereocenters. The summed E-state index contributed by atoms with van der Waals surface area (Å²) < 4.78 is 22.8. The average molecular weight is 262 g/mol. The largest absolute Gasteiger partial charge is 0.339 e. The minimum absolute atomic E-state index is 0.0241. The molecule has 0 radical (unpaired) electrons. The van der Waals surface area contributed by atoms with Gasteiger partial charge in [0, 0.05) is 25.0 Å². The van der Waals surface area contributed by atoms with Gasteiger partial charge in [0.15, 0.2) is 9.84 Å². The summed E-state index contributed by atoms with van der Waals surface area (Å²) in [5.41, 5.74) is 5.75. The third-order valence-electron chi connectivity index (χ3n) is 3.27. The van der Waals surface area contributed by atoms with Crippen LogP contribution in [0.1, 0.15) is 33.1 Å². The van der Waals surface area contributed by atoms with Crippen molar-refractivity contribution in [3.8, 4) is 0 Å². The van der Waals surface area contributed by atoms with E-state index in [0.717, 1.165) is 6.42 Å². The molecule has 100 valence electrons. The molecule has 1 saturated heterocycles. The lowest BCUT2D eigenvalue weighted by Gasteiger charge is -2.27. The van der Waals surface area contributed by atoms with Gasteiger partial charge >= 0.3 is 0 Å². The van der Waals surface area contributed by atoms with E-state index in [0.29, 0.717) is 19.4 Å². The summed E-state index contributed by atoms with van der Waals surface area (Å²) in [6.07, 6.45) is 1.62. The minimum atomic E-state index is -2.94. The number of sulfone groups is 1. The van der Waals surface area contributed by atoms with E-state index in [2.05, 4.69) is 0 Å². The predicted octanol–water partition coefficient (Wildman–Crippen LogP) is 0.149. The van der Waals surface area contributed by atoms with Crippen molar-refractivity contribution in [3.63, 3.8) is 0 Å². The van der Waals surface area contributed by atoms with Crippen LogP contribution in [0.2, 0.25) is 0 Å². The van der Waals surface area contributed by atoms with Gasteiger partial charge in [-0.2, -0.15) is 0 Å². The van der Waals surface area contributed by atoms with Crippen LogP contribution in [0.15, 0.2) is 0 Å². The molecule has 6 heteroatoms. The van der Waals surface area contributed by atoms with E-state index in [1.165, 1.54) is 0 Å². The lowest BCUT2D eigenvalue weighted by atomic mass is 10.1. The Labute approximate surface area is 103 Å². The molecule has 0 aromatic heterocycles. The van der Waals surface area contributed by atoms with Gasteiger partial charge in [-0.1, -0.05) is 6.92 Å². The Balaban J connectivity index is 2.63. The van der Waals surface area contributed by atoms with Crippen LogP contribution >= 0.6 is 0 Å². The van der Waals surface area contributed by atoms with Crippen molar-refractivity contribution < 1.29 is 13.2 Å². The molecule has 0 aromatic carbocycles. The fraction of sp³-hybridized carbons (Fsp3) is 0.909. The zero-order valence-corrected chi connectivity index (χ0v) is 11.4. The summed E-state index contributed by atoms with van der Waals surface area (Å²) in [7, 11) is -2.94. The molecule has 1 aliphatic rings. The highest BCUT2D eigenvalue weighted by molar-refractivity contribution is 7.91. The molecule has 0 saturated carbocycles. The number of nitrogens with two attached hydrogens (primary N) is 1. The average Bonchev–Trinajstić information content (AvgIpc) is 2.59. The van der Waals surface area contributed by atoms with Crippen LogP contribution in [-0.2, 0) is 14.6 Å². The highest BCUT2D eigenvalue weighted by Crippen LogP contribution is 2.18. The van der Waals surface area contributed by atoms with Crippen LogP contribution < -0.4 is 5.73 Å². The van der Waals surface area contributed by atoms with E-state index in [9.17, 15) is 13.2 Å². The van der Waals surface area contributed by atoms with E-state index in [4.69, 9.17) is 5.73 Å². The summed E-state index contributed by atoms with van der Waals surface area (Å²) in [5, 5.41) is 0. The van der Waals surface area contributed by atoms with Gasteiger partial charge in [0.25, 0.3) is 0 Å². The Morgan fingerprint density at radius 3 is 2.53 bits per heavy atom. The number of nitrogens with zero attached hydrogens (tertiary/aromatic N) is 1. The smallest absolute Gasteiger partial charge is 0.224 e. The zero-order chi connectivity index (χ0) is 13.1. The first-order valence-corrected chi connectivity index (χ1v) is 7.97. The first-order chi connectivity index (χ1) is 7.89. The third kappa shape index (κ3) is 3.96. The number of rotatable bonds is 5. The number of hydrogen-bond donors (Lipinski definition) is 1. The van der Waals surface area contributed by atoms with Crippen molar-refractivity contribution in [3.05, 3.63) is 0 Å². The lowest BCUT2D eigenvalue weighted by Crippen LogP contribution is -2.43. The molecule has 1 fully saturated rings. The second-order valence-electron chi connectivity index (χ2n) is 4.61. The van der Waals surface area contributed by atoms with Crippen LogP contribution in [-0.4, -0.2) is 49.4 Å². The molecule has 1 rings (SSSR count). The number of carbonyl (C=O) groups excluding carboxylic acids is 1. The fourth-order valence-electron chi connectivity index (χ4n) is 2.15. The molecule has 5 nitrogen and oxygen atoms in total. The fourth-order valence-corrected chi connectivity index (χ4v) is 3.88. The molecular formula is C11H22N2O3S. The maximum Gasteiger partial charge on any atom is 0.224 e. The van der Waals surface area contributed by atoms with Gasteiger partial charge in [0.05, 0.1) is 11.5 Å². The topological polar surface area (TPSA) is 80.5 Å². The Bertz CT molecular complexity index is 367. The molecule has 1 amide bonds. The summed E-state index contributed by atoms with van der Waals surface area (Å²) in [6, 6.07) is -0.281. The first kappa shape index (κ1) is 14.4. The van der Waals surface area contributed by atoms with E-state index >= 15 is 0 Å². The SMILES string of the molecule is CCC(N)CC(=O)N(CC)C1CCS(=O)(=O)C1. The van der Waals surface area contributed by atoms with Gasteiger partial charge in [-0.15, -0.1) is 0 Å². The van der Waals surface area contributed by atoms with Crippen molar-refractivity contribution in [1.82, 2.24) is 4.90 Å². The third-order valence-corrected chi connectivity index (χ3v) is 5.02. The molecule has 1 heterocycles. The van der Waals surface area contributed by atoms with Crippen LogP contribution in [0.4, 0.5) is 0 Å². The highest BCUT2D eigenvalue weighted by Gasteiger charge is 2.33. The van der Waals surface area contributed by atoms with Crippen molar-refractivity contribution in [2.75, 3.05) is 18.1 Å². The molecule has 0 aromatic rings. The van der Waals surface area contributed by atoms with Gasteiger partial charge in [-0.25, -0.2) is 8.42 Å². The Kier molecular flexibility index (Phi) is 4.94. The molecule has 0 spiro atoms. The molecule has 1 aliphatic heterocycles. The summed E-state index contributed by atoms with van der Waals surface area (Å²) in [6.45, 7) is 4.37. The van der Waals surface area contributed by atoms with Crippen LogP contribution in [0.5, 0.6) is 0 Å². The molecule has 17 heavy (non-hydrogen) atoms. The lowest BCUT2D eigenvalue weighted by molar-refractivity contribution is -0.133. The van der Waals surface area contributed by atoms with Crippen molar-refractivity contribution in [1.29, 1.82) is 0 Å². The molecular weight excluding hydrogens is 240 g/mol. The Hall–Kier alpha value is -0.620. The van der Waals surface area contributed by atoms with Crippen molar-refractivity contribution in [2.24, 2.45) is 5.73 Å². The van der Waals surface area contributed by atoms with E-state index < -0.39 is 9.84 Å². The van der Waals surface area contributed by atoms with Gasteiger partial charge in [0.1, 0.15) is 0 Å². The van der Waals surface area contributed by atoms with Gasteiger partial charge < -0.3 is 10.6 Å². The molecule has 0 aliphatic carbocycles.